The molecular weight excluding hydrogens is 506 g/mol. The van der Waals surface area contributed by atoms with E-state index in [4.69, 9.17) is 0 Å². The Morgan fingerprint density at radius 2 is 1.05 bits per heavy atom. The van der Waals surface area contributed by atoms with E-state index in [9.17, 15) is 0 Å². The van der Waals surface area contributed by atoms with Gasteiger partial charge in [-0.15, -0.1) is 0 Å². The standard InChI is InChI=1S/C41H31N/c1-40(2)34-18-10-7-15-28(34)31-23-27(21-22-35(31)40)42-38-20-12-9-17-30(38)33-24-37-32(25-39(33)42)29-16-8-11-19-36(29)41(37,3)26-13-5-4-6-14-26/h4-25H,1-3H3. The minimum absolute atomic E-state index is 0.00227. The molecule has 1 heterocycles. The summed E-state index contributed by atoms with van der Waals surface area (Å²) < 4.78 is 2.49. The van der Waals surface area contributed by atoms with Gasteiger partial charge < -0.3 is 4.57 Å². The van der Waals surface area contributed by atoms with Gasteiger partial charge in [0.05, 0.1) is 11.0 Å². The van der Waals surface area contributed by atoms with Crippen LogP contribution in [0, 0.1) is 0 Å². The van der Waals surface area contributed by atoms with Crippen molar-refractivity contribution in [3.8, 4) is 27.9 Å². The van der Waals surface area contributed by atoms with E-state index >= 15 is 0 Å². The maximum Gasteiger partial charge on any atom is 0.0547 e. The Morgan fingerprint density at radius 1 is 0.429 bits per heavy atom. The Kier molecular flexibility index (Phi) is 4.59. The van der Waals surface area contributed by atoms with E-state index in [0.717, 1.165) is 0 Å². The third-order valence-corrected chi connectivity index (χ3v) is 10.3. The van der Waals surface area contributed by atoms with E-state index in [1.54, 1.807) is 0 Å². The predicted octanol–water partition coefficient (Wildman–Crippen LogP) is 10.4. The molecule has 0 saturated carbocycles. The van der Waals surface area contributed by atoms with Gasteiger partial charge in [-0.25, -0.2) is 0 Å². The van der Waals surface area contributed by atoms with Crippen LogP contribution in [-0.2, 0) is 10.8 Å². The van der Waals surface area contributed by atoms with Gasteiger partial charge in [-0.2, -0.15) is 0 Å². The lowest BCUT2D eigenvalue weighted by molar-refractivity contribution is 0.660. The van der Waals surface area contributed by atoms with Gasteiger partial charge in [0.15, 0.2) is 0 Å². The number of nitrogens with zero attached hydrogens (tertiary/aromatic N) is 1. The van der Waals surface area contributed by atoms with Gasteiger partial charge in [0.1, 0.15) is 0 Å². The zero-order valence-corrected chi connectivity index (χ0v) is 24.1. The highest BCUT2D eigenvalue weighted by molar-refractivity contribution is 6.11. The molecule has 7 aromatic rings. The normalized spacial score (nSPS) is 17.7. The number of hydrogen-bond acceptors (Lipinski definition) is 0. The van der Waals surface area contributed by atoms with Crippen molar-refractivity contribution < 1.29 is 0 Å². The first-order valence-electron chi connectivity index (χ1n) is 15.0. The fourth-order valence-electron chi connectivity index (χ4n) is 8.16. The minimum atomic E-state index is -0.215. The summed E-state index contributed by atoms with van der Waals surface area (Å²) >= 11 is 0. The first-order valence-corrected chi connectivity index (χ1v) is 15.0. The van der Waals surface area contributed by atoms with Gasteiger partial charge in [-0.1, -0.05) is 117 Å². The van der Waals surface area contributed by atoms with Crippen LogP contribution in [0.1, 0.15) is 48.6 Å². The molecule has 9 rings (SSSR count). The van der Waals surface area contributed by atoms with Crippen LogP contribution in [0.3, 0.4) is 0 Å². The Labute approximate surface area is 246 Å². The Bertz CT molecular complexity index is 2230. The average Bonchev–Trinajstić information content (AvgIpc) is 3.58. The average molecular weight is 538 g/mol. The molecule has 0 aliphatic heterocycles. The van der Waals surface area contributed by atoms with Crippen molar-refractivity contribution in [1.82, 2.24) is 4.57 Å². The smallest absolute Gasteiger partial charge is 0.0547 e. The Balaban J connectivity index is 1.36. The van der Waals surface area contributed by atoms with Gasteiger partial charge in [0.25, 0.3) is 0 Å². The van der Waals surface area contributed by atoms with Crippen molar-refractivity contribution in [2.45, 2.75) is 31.6 Å². The molecule has 2 aliphatic rings. The molecule has 2 aliphatic carbocycles. The molecule has 1 heteroatoms. The number of fused-ring (bicyclic) bond motifs is 9. The fourth-order valence-corrected chi connectivity index (χ4v) is 8.16. The second kappa shape index (κ2) is 8.11. The zero-order valence-electron chi connectivity index (χ0n) is 24.1. The summed E-state index contributed by atoms with van der Waals surface area (Å²) in [5.74, 6) is 0. The van der Waals surface area contributed by atoms with Crippen LogP contribution >= 0.6 is 0 Å². The first-order chi connectivity index (χ1) is 20.5. The molecule has 0 radical (unpaired) electrons. The zero-order chi connectivity index (χ0) is 28.2. The number of rotatable bonds is 2. The van der Waals surface area contributed by atoms with Crippen molar-refractivity contribution in [1.29, 1.82) is 0 Å². The lowest BCUT2D eigenvalue weighted by Gasteiger charge is -2.28. The number of para-hydroxylation sites is 1. The van der Waals surface area contributed by atoms with Crippen molar-refractivity contribution in [2.75, 3.05) is 0 Å². The Hall–Kier alpha value is -4.88. The second-order valence-corrected chi connectivity index (χ2v) is 12.7. The van der Waals surface area contributed by atoms with Gasteiger partial charge in [-0.05, 0) is 87.3 Å². The summed E-state index contributed by atoms with van der Waals surface area (Å²) in [6.45, 7) is 7.10. The molecule has 0 N–H and O–H groups in total. The highest BCUT2D eigenvalue weighted by Gasteiger charge is 2.41. The summed E-state index contributed by atoms with van der Waals surface area (Å²) in [5.41, 5.74) is 15.8. The number of hydrogen-bond donors (Lipinski definition) is 0. The molecule has 6 aromatic carbocycles. The highest BCUT2D eigenvalue weighted by Crippen LogP contribution is 2.54. The third kappa shape index (κ3) is 2.88. The molecule has 0 amide bonds. The quantitative estimate of drug-likeness (QED) is 0.207. The molecule has 42 heavy (non-hydrogen) atoms. The molecular formula is C41H31N. The van der Waals surface area contributed by atoms with E-state index in [1.807, 2.05) is 0 Å². The molecule has 0 bridgehead atoms. The van der Waals surface area contributed by atoms with Crippen molar-refractivity contribution in [3.05, 3.63) is 161 Å². The fraction of sp³-hybridized carbons (Fsp3) is 0.122. The lowest BCUT2D eigenvalue weighted by atomic mass is 9.74. The second-order valence-electron chi connectivity index (χ2n) is 12.7. The molecule has 1 atom stereocenters. The van der Waals surface area contributed by atoms with E-state index in [1.165, 1.54) is 77.6 Å². The minimum Gasteiger partial charge on any atom is -0.309 e. The highest BCUT2D eigenvalue weighted by atomic mass is 15.0. The molecule has 0 spiro atoms. The number of benzene rings is 6. The van der Waals surface area contributed by atoms with Gasteiger partial charge in [0.2, 0.25) is 0 Å². The van der Waals surface area contributed by atoms with Crippen LogP contribution in [0.5, 0.6) is 0 Å². The van der Waals surface area contributed by atoms with Gasteiger partial charge >= 0.3 is 0 Å². The van der Waals surface area contributed by atoms with Crippen LogP contribution < -0.4 is 0 Å². The predicted molar refractivity (Wildman–Crippen MR) is 176 cm³/mol. The van der Waals surface area contributed by atoms with Crippen LogP contribution in [0.2, 0.25) is 0 Å². The first kappa shape index (κ1) is 23.8. The summed E-state index contributed by atoms with van der Waals surface area (Å²) in [6.07, 6.45) is 0. The van der Waals surface area contributed by atoms with Crippen molar-refractivity contribution in [2.24, 2.45) is 0 Å². The van der Waals surface area contributed by atoms with Crippen molar-refractivity contribution in [3.63, 3.8) is 0 Å². The Morgan fingerprint density at radius 3 is 1.86 bits per heavy atom. The monoisotopic (exact) mass is 537 g/mol. The van der Waals surface area contributed by atoms with E-state index in [2.05, 4.69) is 159 Å². The topological polar surface area (TPSA) is 4.93 Å². The van der Waals surface area contributed by atoms with Gasteiger partial charge in [0, 0.05) is 27.3 Å². The van der Waals surface area contributed by atoms with Crippen LogP contribution in [0.15, 0.2) is 133 Å². The lowest BCUT2D eigenvalue weighted by Crippen LogP contribution is -2.22. The van der Waals surface area contributed by atoms with Gasteiger partial charge in [-0.3, -0.25) is 0 Å². The SMILES string of the molecule is CC1(C)c2ccccc2-c2cc(-n3c4ccccc4c4cc5c(cc43)-c3ccccc3C5(C)c3ccccc3)ccc21. The number of aromatic nitrogens is 1. The maximum absolute atomic E-state index is 2.49. The van der Waals surface area contributed by atoms with E-state index in [-0.39, 0.29) is 10.8 Å². The summed E-state index contributed by atoms with van der Waals surface area (Å²) in [4.78, 5) is 0. The molecule has 1 aromatic heterocycles. The molecule has 200 valence electrons. The summed E-state index contributed by atoms with van der Waals surface area (Å²) in [5, 5.41) is 2.60. The van der Waals surface area contributed by atoms with Crippen molar-refractivity contribution >= 4 is 21.8 Å². The summed E-state index contributed by atoms with van der Waals surface area (Å²) in [6, 6.07) is 49.9. The molecule has 1 unspecified atom stereocenters. The maximum atomic E-state index is 2.49. The summed E-state index contributed by atoms with van der Waals surface area (Å²) in [7, 11) is 0. The van der Waals surface area contributed by atoms with Crippen LogP contribution in [-0.4, -0.2) is 4.57 Å². The third-order valence-electron chi connectivity index (χ3n) is 10.3. The molecule has 0 fully saturated rings. The largest absolute Gasteiger partial charge is 0.309 e. The van der Waals surface area contributed by atoms with Crippen LogP contribution in [0.4, 0.5) is 0 Å². The molecule has 0 saturated heterocycles. The van der Waals surface area contributed by atoms with Crippen LogP contribution in [0.25, 0.3) is 49.7 Å². The van der Waals surface area contributed by atoms with E-state index in [0.29, 0.717) is 0 Å². The molecule has 1 nitrogen and oxygen atoms in total. The van der Waals surface area contributed by atoms with E-state index < -0.39 is 0 Å².